The van der Waals surface area contributed by atoms with Crippen molar-refractivity contribution in [1.29, 1.82) is 0 Å². The number of esters is 1. The number of thioether (sulfide) groups is 1. The van der Waals surface area contributed by atoms with Crippen LogP contribution in [0.2, 0.25) is 0 Å². The number of pyridine rings is 1. The molecule has 0 aromatic carbocycles. The molecule has 10 heteroatoms. The van der Waals surface area contributed by atoms with Crippen LogP contribution in [0, 0.1) is 6.92 Å². The minimum atomic E-state index is -0.717. The summed E-state index contributed by atoms with van der Waals surface area (Å²) in [5.74, 6) is -0.264. The van der Waals surface area contributed by atoms with E-state index in [0.717, 1.165) is 12.1 Å². The van der Waals surface area contributed by atoms with E-state index >= 15 is 0 Å². The summed E-state index contributed by atoms with van der Waals surface area (Å²) < 4.78 is 10.0. The van der Waals surface area contributed by atoms with Gasteiger partial charge in [0.05, 0.1) is 11.3 Å². The van der Waals surface area contributed by atoms with Crippen LogP contribution in [0.3, 0.4) is 0 Å². The highest BCUT2D eigenvalue weighted by Gasteiger charge is 2.17. The second-order valence-corrected chi connectivity index (χ2v) is 6.94. The lowest BCUT2D eigenvalue weighted by Gasteiger charge is -2.12. The van der Waals surface area contributed by atoms with Gasteiger partial charge in [0.2, 0.25) is 0 Å². The molecule has 0 aliphatic carbocycles. The van der Waals surface area contributed by atoms with E-state index in [-0.39, 0.29) is 11.6 Å². The first-order valence-corrected chi connectivity index (χ1v) is 9.65. The van der Waals surface area contributed by atoms with Gasteiger partial charge in [0.1, 0.15) is 10.8 Å². The molecule has 0 bridgehead atoms. The van der Waals surface area contributed by atoms with Crippen molar-refractivity contribution in [2.45, 2.75) is 44.0 Å². The van der Waals surface area contributed by atoms with Gasteiger partial charge >= 0.3 is 12.0 Å². The molecular weight excluding hydrogens is 384 g/mol. The van der Waals surface area contributed by atoms with E-state index in [1.54, 1.807) is 31.3 Å². The van der Waals surface area contributed by atoms with Crippen molar-refractivity contribution in [2.75, 3.05) is 6.61 Å². The van der Waals surface area contributed by atoms with E-state index < -0.39 is 24.5 Å². The van der Waals surface area contributed by atoms with Crippen LogP contribution in [0.1, 0.15) is 42.1 Å². The Morgan fingerprint density at radius 1 is 1.36 bits per heavy atom. The number of ether oxygens (including phenoxy) is 1. The van der Waals surface area contributed by atoms with Gasteiger partial charge in [-0.1, -0.05) is 23.8 Å². The Bertz CT molecular complexity index is 839. The molecule has 150 valence electrons. The third-order valence-corrected chi connectivity index (χ3v) is 4.64. The van der Waals surface area contributed by atoms with Crippen LogP contribution in [-0.2, 0) is 15.3 Å². The van der Waals surface area contributed by atoms with Gasteiger partial charge in [-0.25, -0.2) is 14.6 Å². The standard InChI is InChI=1S/C18H22N4O5S/c1-4-11(2)20-18(25)21-15(23)9-26-17(24)14-6-5-7-19-16(14)28-10-13-8-12(3)27-22-13/h5-8,11H,4,9-10H2,1-3H3,(H2,20,21,23,25)/t11-/m1/s1. The summed E-state index contributed by atoms with van der Waals surface area (Å²) >= 11 is 1.30. The van der Waals surface area contributed by atoms with E-state index in [4.69, 9.17) is 9.26 Å². The zero-order chi connectivity index (χ0) is 20.5. The van der Waals surface area contributed by atoms with Crippen molar-refractivity contribution in [3.05, 3.63) is 41.4 Å². The van der Waals surface area contributed by atoms with Crippen molar-refractivity contribution < 1.29 is 23.6 Å². The quantitative estimate of drug-likeness (QED) is 0.506. The Morgan fingerprint density at radius 2 is 2.14 bits per heavy atom. The minimum absolute atomic E-state index is 0.0705. The van der Waals surface area contributed by atoms with Crippen LogP contribution in [0.15, 0.2) is 33.9 Å². The molecule has 2 N–H and O–H groups in total. The van der Waals surface area contributed by atoms with Crippen molar-refractivity contribution >= 4 is 29.7 Å². The van der Waals surface area contributed by atoms with E-state index in [0.29, 0.717) is 16.5 Å². The maximum absolute atomic E-state index is 12.3. The van der Waals surface area contributed by atoms with Crippen molar-refractivity contribution in [3.63, 3.8) is 0 Å². The first kappa shape index (κ1) is 21.4. The van der Waals surface area contributed by atoms with E-state index in [9.17, 15) is 14.4 Å². The van der Waals surface area contributed by atoms with Gasteiger partial charge in [-0.15, -0.1) is 0 Å². The molecule has 2 heterocycles. The van der Waals surface area contributed by atoms with Crippen LogP contribution in [0.5, 0.6) is 0 Å². The summed E-state index contributed by atoms with van der Waals surface area (Å²) in [6.07, 6.45) is 2.28. The topological polar surface area (TPSA) is 123 Å². The van der Waals surface area contributed by atoms with Gasteiger partial charge < -0.3 is 14.6 Å². The molecule has 0 saturated heterocycles. The first-order chi connectivity index (χ1) is 13.4. The molecule has 28 heavy (non-hydrogen) atoms. The van der Waals surface area contributed by atoms with E-state index in [1.165, 1.54) is 11.8 Å². The van der Waals surface area contributed by atoms with Gasteiger partial charge in [0.15, 0.2) is 6.61 Å². The van der Waals surface area contributed by atoms with Crippen LogP contribution in [0.25, 0.3) is 0 Å². The number of hydrogen-bond donors (Lipinski definition) is 2. The van der Waals surface area contributed by atoms with Crippen molar-refractivity contribution in [1.82, 2.24) is 20.8 Å². The number of hydrogen-bond acceptors (Lipinski definition) is 8. The summed E-state index contributed by atoms with van der Waals surface area (Å²) in [6, 6.07) is 4.25. The lowest BCUT2D eigenvalue weighted by Crippen LogP contribution is -2.44. The summed E-state index contributed by atoms with van der Waals surface area (Å²) in [5.41, 5.74) is 0.948. The number of carbonyl (C=O) groups is 3. The van der Waals surface area contributed by atoms with Crippen LogP contribution in [-0.4, -0.2) is 40.7 Å². The normalized spacial score (nSPS) is 11.5. The van der Waals surface area contributed by atoms with Crippen molar-refractivity contribution in [3.8, 4) is 0 Å². The molecule has 0 radical (unpaired) electrons. The molecule has 3 amide bonds. The summed E-state index contributed by atoms with van der Waals surface area (Å²) in [4.78, 5) is 39.9. The predicted octanol–water partition coefficient (Wildman–Crippen LogP) is 2.45. The Morgan fingerprint density at radius 3 is 2.82 bits per heavy atom. The molecule has 0 saturated carbocycles. The highest BCUT2D eigenvalue weighted by Crippen LogP contribution is 2.24. The number of nitrogens with one attached hydrogen (secondary N) is 2. The molecule has 0 spiro atoms. The Kier molecular flexibility index (Phi) is 8.00. The van der Waals surface area contributed by atoms with Crippen molar-refractivity contribution in [2.24, 2.45) is 0 Å². The average Bonchev–Trinajstić information content (AvgIpc) is 3.09. The van der Waals surface area contributed by atoms with Crippen LogP contribution >= 0.6 is 11.8 Å². The molecule has 9 nitrogen and oxygen atoms in total. The lowest BCUT2D eigenvalue weighted by atomic mass is 10.3. The number of rotatable bonds is 8. The molecule has 0 fully saturated rings. The maximum atomic E-state index is 12.3. The SMILES string of the molecule is CC[C@@H](C)NC(=O)NC(=O)COC(=O)c1cccnc1SCc1cc(C)on1. The number of imide groups is 1. The monoisotopic (exact) mass is 406 g/mol. The lowest BCUT2D eigenvalue weighted by molar-refractivity contribution is -0.123. The third-order valence-electron chi connectivity index (χ3n) is 3.60. The molecule has 2 aromatic rings. The smallest absolute Gasteiger partial charge is 0.341 e. The van der Waals surface area contributed by atoms with Crippen LogP contribution in [0.4, 0.5) is 4.79 Å². The summed E-state index contributed by atoms with van der Waals surface area (Å²) in [7, 11) is 0. The predicted molar refractivity (Wildman–Crippen MR) is 102 cm³/mol. The fourth-order valence-electron chi connectivity index (χ4n) is 2.02. The van der Waals surface area contributed by atoms with Crippen LogP contribution < -0.4 is 10.6 Å². The second kappa shape index (κ2) is 10.5. The van der Waals surface area contributed by atoms with E-state index in [2.05, 4.69) is 20.8 Å². The molecule has 0 aliphatic heterocycles. The fourth-order valence-corrected chi connectivity index (χ4v) is 2.89. The van der Waals surface area contributed by atoms with Gasteiger partial charge in [0, 0.05) is 24.1 Å². The molecule has 2 aromatic heterocycles. The third kappa shape index (κ3) is 6.69. The number of aryl methyl sites for hydroxylation is 1. The van der Waals surface area contributed by atoms with Gasteiger partial charge in [-0.3, -0.25) is 10.1 Å². The number of carbonyl (C=O) groups excluding carboxylic acids is 3. The Balaban J connectivity index is 1.88. The molecular formula is C18H22N4O5S. The zero-order valence-electron chi connectivity index (χ0n) is 15.9. The van der Waals surface area contributed by atoms with Gasteiger partial charge in [-0.05, 0) is 32.4 Å². The number of aromatic nitrogens is 2. The Hall–Kier alpha value is -2.88. The zero-order valence-corrected chi connectivity index (χ0v) is 16.7. The highest BCUT2D eigenvalue weighted by molar-refractivity contribution is 7.98. The highest BCUT2D eigenvalue weighted by atomic mass is 32.2. The molecule has 2 rings (SSSR count). The maximum Gasteiger partial charge on any atom is 0.341 e. The molecule has 0 aliphatic rings. The number of amides is 3. The molecule has 1 atom stereocenters. The van der Waals surface area contributed by atoms with Gasteiger partial charge in [-0.2, -0.15) is 0 Å². The summed E-state index contributed by atoms with van der Waals surface area (Å²) in [5, 5.41) is 9.03. The van der Waals surface area contributed by atoms with E-state index in [1.807, 2.05) is 13.8 Å². The Labute approximate surface area is 166 Å². The summed E-state index contributed by atoms with van der Waals surface area (Å²) in [6.45, 7) is 4.93. The largest absolute Gasteiger partial charge is 0.452 e. The first-order valence-electron chi connectivity index (χ1n) is 8.66. The number of nitrogens with zero attached hydrogens (tertiary/aromatic N) is 2. The number of urea groups is 1. The average molecular weight is 406 g/mol. The molecule has 0 unspecified atom stereocenters. The second-order valence-electron chi connectivity index (χ2n) is 5.98. The minimum Gasteiger partial charge on any atom is -0.452 e. The van der Waals surface area contributed by atoms with Gasteiger partial charge in [0.25, 0.3) is 5.91 Å². The fraction of sp³-hybridized carbons (Fsp3) is 0.389.